The van der Waals surface area contributed by atoms with Gasteiger partial charge in [0.25, 0.3) is 5.56 Å². The molecule has 128 valence electrons. The van der Waals surface area contributed by atoms with Crippen LogP contribution in [0.1, 0.15) is 0 Å². The second-order valence-corrected chi connectivity index (χ2v) is 6.51. The van der Waals surface area contributed by atoms with Gasteiger partial charge in [-0.1, -0.05) is 78.9 Å². The van der Waals surface area contributed by atoms with Crippen LogP contribution in [0.25, 0.3) is 38.5 Å². The zero-order valence-corrected chi connectivity index (χ0v) is 14.5. The van der Waals surface area contributed by atoms with Gasteiger partial charge < -0.3 is 0 Å². The maximum Gasteiger partial charge on any atom is 0.279 e. The predicted molar refractivity (Wildman–Crippen MR) is 110 cm³/mol. The first-order valence-electron chi connectivity index (χ1n) is 8.88. The Kier molecular flexibility index (Phi) is 3.58. The van der Waals surface area contributed by atoms with E-state index < -0.39 is 0 Å². The minimum Gasteiger partial charge on any atom is -0.267 e. The van der Waals surface area contributed by atoms with Crippen molar-refractivity contribution in [2.45, 2.75) is 0 Å². The molecule has 0 N–H and O–H groups in total. The van der Waals surface area contributed by atoms with Gasteiger partial charge in [-0.2, -0.15) is 9.78 Å². The van der Waals surface area contributed by atoms with Crippen LogP contribution in [0.15, 0.2) is 102 Å². The summed E-state index contributed by atoms with van der Waals surface area (Å²) in [4.78, 5) is 13.1. The number of fused-ring (bicyclic) bond motifs is 2. The molecule has 0 aliphatic carbocycles. The first kappa shape index (κ1) is 15.5. The Balaban J connectivity index is 1.84. The van der Waals surface area contributed by atoms with E-state index in [4.69, 9.17) is 5.10 Å². The average Bonchev–Trinajstić information content (AvgIpc) is 2.74. The zero-order chi connectivity index (χ0) is 18.2. The van der Waals surface area contributed by atoms with Crippen LogP contribution in [0, 0.1) is 0 Å². The molecule has 0 radical (unpaired) electrons. The molecule has 0 saturated heterocycles. The Labute approximate surface area is 156 Å². The molecule has 3 heteroatoms. The van der Waals surface area contributed by atoms with Crippen molar-refractivity contribution in [3.05, 3.63) is 107 Å². The molecule has 0 unspecified atom stereocenters. The Bertz CT molecular complexity index is 1340. The summed E-state index contributed by atoms with van der Waals surface area (Å²) in [5.41, 5.74) is 2.45. The normalized spacial score (nSPS) is 11.1. The van der Waals surface area contributed by atoms with Gasteiger partial charge in [0.1, 0.15) is 0 Å². The summed E-state index contributed by atoms with van der Waals surface area (Å²) < 4.78 is 1.51. The van der Waals surface area contributed by atoms with Crippen molar-refractivity contribution in [2.24, 2.45) is 0 Å². The number of hydrogen-bond donors (Lipinski definition) is 0. The molecule has 0 spiro atoms. The lowest BCUT2D eigenvalue weighted by atomic mass is 10.0. The molecule has 0 bridgehead atoms. The van der Waals surface area contributed by atoms with E-state index in [9.17, 15) is 4.79 Å². The molecule has 5 aromatic rings. The molecule has 4 aromatic carbocycles. The topological polar surface area (TPSA) is 34.9 Å². The van der Waals surface area contributed by atoms with Crippen LogP contribution in [0.3, 0.4) is 0 Å². The van der Waals surface area contributed by atoms with Crippen molar-refractivity contribution < 1.29 is 0 Å². The van der Waals surface area contributed by atoms with Crippen LogP contribution in [0.4, 0.5) is 0 Å². The van der Waals surface area contributed by atoms with E-state index in [0.29, 0.717) is 5.39 Å². The van der Waals surface area contributed by atoms with Crippen molar-refractivity contribution in [1.29, 1.82) is 0 Å². The highest BCUT2D eigenvalue weighted by atomic mass is 16.1. The summed E-state index contributed by atoms with van der Waals surface area (Å²) in [6, 6.07) is 31.7. The molecule has 1 aromatic heterocycles. The number of aromatic nitrogens is 2. The van der Waals surface area contributed by atoms with E-state index in [-0.39, 0.29) is 5.56 Å². The van der Waals surface area contributed by atoms with Gasteiger partial charge in [-0.05, 0) is 29.0 Å². The van der Waals surface area contributed by atoms with E-state index in [0.717, 1.165) is 33.1 Å². The van der Waals surface area contributed by atoms with Gasteiger partial charge in [-0.3, -0.25) is 4.79 Å². The third kappa shape index (κ3) is 2.61. The third-order valence-corrected chi connectivity index (χ3v) is 4.83. The van der Waals surface area contributed by atoms with Gasteiger partial charge in [-0.25, -0.2) is 0 Å². The van der Waals surface area contributed by atoms with E-state index in [1.165, 1.54) is 4.68 Å². The van der Waals surface area contributed by atoms with Crippen molar-refractivity contribution in [3.8, 4) is 16.9 Å². The highest BCUT2D eigenvalue weighted by Gasteiger charge is 2.13. The van der Waals surface area contributed by atoms with Crippen LogP contribution in [0.5, 0.6) is 0 Å². The molecule has 5 rings (SSSR count). The zero-order valence-electron chi connectivity index (χ0n) is 14.5. The van der Waals surface area contributed by atoms with Crippen LogP contribution in [-0.4, -0.2) is 9.78 Å². The SMILES string of the molecule is O=c1c2ccccc2c(-c2ccccc2)nn1-c1ccc2ccccc2c1. The molecule has 0 fully saturated rings. The Morgan fingerprint density at radius 2 is 1.30 bits per heavy atom. The van der Waals surface area contributed by atoms with Crippen LogP contribution in [-0.2, 0) is 0 Å². The molecule has 0 saturated carbocycles. The number of hydrogen-bond acceptors (Lipinski definition) is 2. The maximum atomic E-state index is 13.1. The highest BCUT2D eigenvalue weighted by Crippen LogP contribution is 2.25. The van der Waals surface area contributed by atoms with Crippen LogP contribution in [0.2, 0.25) is 0 Å². The quantitative estimate of drug-likeness (QED) is 0.439. The number of rotatable bonds is 2. The van der Waals surface area contributed by atoms with Gasteiger partial charge in [0, 0.05) is 10.9 Å². The van der Waals surface area contributed by atoms with Crippen LogP contribution >= 0.6 is 0 Å². The third-order valence-electron chi connectivity index (χ3n) is 4.83. The number of benzene rings is 4. The molecule has 0 aliphatic heterocycles. The summed E-state index contributed by atoms with van der Waals surface area (Å²) in [5.74, 6) is 0. The second kappa shape index (κ2) is 6.22. The van der Waals surface area contributed by atoms with E-state index >= 15 is 0 Å². The lowest BCUT2D eigenvalue weighted by Gasteiger charge is -2.12. The lowest BCUT2D eigenvalue weighted by molar-refractivity contribution is 0.827. The standard InChI is InChI=1S/C24H16N2O/c27-24-22-13-7-6-12-21(22)23(18-9-2-1-3-10-18)25-26(24)20-15-14-17-8-4-5-11-19(17)16-20/h1-16H. The minimum atomic E-state index is -0.111. The molecular weight excluding hydrogens is 332 g/mol. The minimum absolute atomic E-state index is 0.111. The van der Waals surface area contributed by atoms with E-state index in [2.05, 4.69) is 6.07 Å². The van der Waals surface area contributed by atoms with Crippen molar-refractivity contribution >= 4 is 21.5 Å². The molecular formula is C24H16N2O. The van der Waals surface area contributed by atoms with Gasteiger partial charge in [0.05, 0.1) is 16.8 Å². The summed E-state index contributed by atoms with van der Waals surface area (Å²) in [6.07, 6.45) is 0. The van der Waals surface area contributed by atoms with Gasteiger partial charge in [0.2, 0.25) is 0 Å². The van der Waals surface area contributed by atoms with Crippen molar-refractivity contribution in [2.75, 3.05) is 0 Å². The average molecular weight is 348 g/mol. The fourth-order valence-electron chi connectivity index (χ4n) is 3.48. The highest BCUT2D eigenvalue weighted by molar-refractivity contribution is 5.94. The molecule has 0 atom stereocenters. The summed E-state index contributed by atoms with van der Waals surface area (Å²) in [5, 5.41) is 8.50. The molecule has 3 nitrogen and oxygen atoms in total. The van der Waals surface area contributed by atoms with Gasteiger partial charge in [0.15, 0.2) is 0 Å². The molecule has 0 amide bonds. The predicted octanol–water partition coefficient (Wildman–Crippen LogP) is 5.21. The molecule has 0 aliphatic rings. The first-order chi connectivity index (χ1) is 13.3. The summed E-state index contributed by atoms with van der Waals surface area (Å²) in [7, 11) is 0. The van der Waals surface area contributed by atoms with Crippen molar-refractivity contribution in [1.82, 2.24) is 9.78 Å². The van der Waals surface area contributed by atoms with Crippen molar-refractivity contribution in [3.63, 3.8) is 0 Å². The Morgan fingerprint density at radius 3 is 2.11 bits per heavy atom. The largest absolute Gasteiger partial charge is 0.279 e. The fourth-order valence-corrected chi connectivity index (χ4v) is 3.48. The Morgan fingerprint density at radius 1 is 0.630 bits per heavy atom. The Hall–Kier alpha value is -3.72. The van der Waals surface area contributed by atoms with Gasteiger partial charge >= 0.3 is 0 Å². The second-order valence-electron chi connectivity index (χ2n) is 6.51. The summed E-state index contributed by atoms with van der Waals surface area (Å²) in [6.45, 7) is 0. The number of nitrogens with zero attached hydrogens (tertiary/aromatic N) is 2. The first-order valence-corrected chi connectivity index (χ1v) is 8.88. The van der Waals surface area contributed by atoms with Crippen LogP contribution < -0.4 is 5.56 Å². The molecule has 1 heterocycles. The van der Waals surface area contributed by atoms with E-state index in [1.807, 2.05) is 91.0 Å². The monoisotopic (exact) mass is 348 g/mol. The smallest absolute Gasteiger partial charge is 0.267 e. The fraction of sp³-hybridized carbons (Fsp3) is 0. The lowest BCUT2D eigenvalue weighted by Crippen LogP contribution is -2.22. The maximum absolute atomic E-state index is 13.1. The van der Waals surface area contributed by atoms with E-state index in [1.54, 1.807) is 0 Å². The summed E-state index contributed by atoms with van der Waals surface area (Å²) >= 11 is 0. The van der Waals surface area contributed by atoms with Gasteiger partial charge in [-0.15, -0.1) is 0 Å². The molecule has 27 heavy (non-hydrogen) atoms.